The molecule has 0 bridgehead atoms. The van der Waals surface area contributed by atoms with Crippen LogP contribution in [-0.4, -0.2) is 37.9 Å². The van der Waals surface area contributed by atoms with Crippen LogP contribution in [0, 0.1) is 13.8 Å². The van der Waals surface area contributed by atoms with Gasteiger partial charge in [0.2, 0.25) is 0 Å². The van der Waals surface area contributed by atoms with E-state index in [2.05, 4.69) is 11.9 Å². The van der Waals surface area contributed by atoms with Crippen molar-refractivity contribution in [3.8, 4) is 11.5 Å². The number of carbonyl (C=O) groups excluding carboxylic acids is 1. The molecular weight excluding hydrogens is 316 g/mol. The molecule has 0 saturated heterocycles. The molecular formula is C20H24N2O3. The summed E-state index contributed by atoms with van der Waals surface area (Å²) in [5.41, 5.74) is 3.14. The van der Waals surface area contributed by atoms with Crippen molar-refractivity contribution in [1.29, 1.82) is 0 Å². The van der Waals surface area contributed by atoms with Gasteiger partial charge in [0.15, 0.2) is 0 Å². The van der Waals surface area contributed by atoms with E-state index in [9.17, 15) is 4.79 Å². The molecule has 132 valence electrons. The van der Waals surface area contributed by atoms with Gasteiger partial charge in [0.25, 0.3) is 0 Å². The fourth-order valence-electron chi connectivity index (χ4n) is 2.21. The highest BCUT2D eigenvalue weighted by molar-refractivity contribution is 5.93. The number of nitrogens with zero attached hydrogens (tertiary/aromatic N) is 2. The Morgan fingerprint density at radius 2 is 1.76 bits per heavy atom. The molecule has 0 spiro atoms. The molecule has 0 aromatic heterocycles. The lowest BCUT2D eigenvalue weighted by Crippen LogP contribution is -2.14. The van der Waals surface area contributed by atoms with Gasteiger partial charge >= 0.3 is 5.97 Å². The first-order valence-electron chi connectivity index (χ1n) is 8.16. The Kier molecular flexibility index (Phi) is 6.17. The molecule has 0 unspecified atom stereocenters. The number of benzene rings is 2. The highest BCUT2D eigenvalue weighted by Crippen LogP contribution is 2.25. The highest BCUT2D eigenvalue weighted by atomic mass is 16.5. The van der Waals surface area contributed by atoms with Crippen molar-refractivity contribution in [3.63, 3.8) is 0 Å². The third-order valence-corrected chi connectivity index (χ3v) is 3.93. The fraction of sp³-hybridized carbons (Fsp3) is 0.300. The minimum Gasteiger partial charge on any atom is -0.497 e. The molecule has 0 fully saturated rings. The number of hydrogen-bond donors (Lipinski definition) is 0. The van der Waals surface area contributed by atoms with Crippen LogP contribution in [0.4, 0.5) is 5.69 Å². The molecule has 0 radical (unpaired) electrons. The fourth-order valence-corrected chi connectivity index (χ4v) is 2.21. The minimum atomic E-state index is -0.382. The Morgan fingerprint density at radius 1 is 1.12 bits per heavy atom. The van der Waals surface area contributed by atoms with Crippen LogP contribution in [0.2, 0.25) is 0 Å². The summed E-state index contributed by atoms with van der Waals surface area (Å²) >= 11 is 0. The lowest BCUT2D eigenvalue weighted by molar-refractivity contribution is 0.0734. The zero-order valence-electron chi connectivity index (χ0n) is 15.4. The van der Waals surface area contributed by atoms with Gasteiger partial charge in [-0.05, 0) is 68.3 Å². The highest BCUT2D eigenvalue weighted by Gasteiger charge is 2.14. The molecule has 5 heteroatoms. The van der Waals surface area contributed by atoms with Gasteiger partial charge in [0.05, 0.1) is 24.7 Å². The van der Waals surface area contributed by atoms with E-state index in [1.165, 1.54) is 0 Å². The normalized spacial score (nSPS) is 10.8. The van der Waals surface area contributed by atoms with Crippen molar-refractivity contribution in [2.45, 2.75) is 20.8 Å². The van der Waals surface area contributed by atoms with Gasteiger partial charge in [0, 0.05) is 13.6 Å². The Hall–Kier alpha value is -2.82. The Bertz CT molecular complexity index is 767. The Morgan fingerprint density at radius 3 is 2.36 bits per heavy atom. The van der Waals surface area contributed by atoms with Crippen molar-refractivity contribution in [1.82, 2.24) is 4.90 Å². The van der Waals surface area contributed by atoms with Crippen LogP contribution in [0.25, 0.3) is 0 Å². The van der Waals surface area contributed by atoms with Crippen LogP contribution in [0.1, 0.15) is 28.4 Å². The molecule has 0 atom stereocenters. The summed E-state index contributed by atoms with van der Waals surface area (Å²) in [5, 5.41) is 0. The standard InChI is InChI=1S/C20H24N2O3/c1-6-22(4)13-21-19-12-14(2)18(11-15(19)3)20(23)25-17-9-7-16(24-5)8-10-17/h7-13H,6H2,1-5H3. The van der Waals surface area contributed by atoms with Gasteiger partial charge in [-0.1, -0.05) is 0 Å². The van der Waals surface area contributed by atoms with Crippen molar-refractivity contribution in [2.24, 2.45) is 4.99 Å². The van der Waals surface area contributed by atoms with Crippen molar-refractivity contribution < 1.29 is 14.3 Å². The Labute approximate surface area is 148 Å². The SMILES string of the molecule is CCN(C)C=Nc1cc(C)c(C(=O)Oc2ccc(OC)cc2)cc1C. The number of ether oxygens (including phenoxy) is 2. The molecule has 0 aliphatic carbocycles. The zero-order chi connectivity index (χ0) is 18.4. The van der Waals surface area contributed by atoms with Gasteiger partial charge < -0.3 is 14.4 Å². The first-order chi connectivity index (χ1) is 11.9. The van der Waals surface area contributed by atoms with Gasteiger partial charge in [-0.25, -0.2) is 9.79 Å². The maximum atomic E-state index is 12.5. The molecule has 0 amide bonds. The van der Waals surface area contributed by atoms with Crippen molar-refractivity contribution in [2.75, 3.05) is 20.7 Å². The molecule has 0 saturated carbocycles. The summed E-state index contributed by atoms with van der Waals surface area (Å²) in [5.74, 6) is 0.813. The van der Waals surface area contributed by atoms with E-state index in [1.807, 2.05) is 37.9 Å². The van der Waals surface area contributed by atoms with E-state index in [0.717, 1.165) is 23.4 Å². The smallest absolute Gasteiger partial charge is 0.343 e. The van der Waals surface area contributed by atoms with Crippen LogP contribution < -0.4 is 9.47 Å². The molecule has 0 N–H and O–H groups in total. The average Bonchev–Trinajstić information content (AvgIpc) is 2.62. The monoisotopic (exact) mass is 340 g/mol. The van der Waals surface area contributed by atoms with E-state index >= 15 is 0 Å². The number of esters is 1. The van der Waals surface area contributed by atoms with Crippen molar-refractivity contribution >= 4 is 18.0 Å². The number of carbonyl (C=O) groups is 1. The maximum Gasteiger partial charge on any atom is 0.343 e. The Balaban J connectivity index is 2.19. The van der Waals surface area contributed by atoms with Gasteiger partial charge in [0.1, 0.15) is 11.5 Å². The summed E-state index contributed by atoms with van der Waals surface area (Å²) in [7, 11) is 3.56. The molecule has 0 aliphatic heterocycles. The van der Waals surface area contributed by atoms with Gasteiger partial charge in [-0.15, -0.1) is 0 Å². The van der Waals surface area contributed by atoms with E-state index < -0.39 is 0 Å². The summed E-state index contributed by atoms with van der Waals surface area (Å²) in [6.45, 7) is 6.75. The third-order valence-electron chi connectivity index (χ3n) is 3.93. The van der Waals surface area contributed by atoms with Crippen LogP contribution >= 0.6 is 0 Å². The first-order valence-corrected chi connectivity index (χ1v) is 8.16. The van der Waals surface area contributed by atoms with Crippen LogP contribution in [0.15, 0.2) is 41.4 Å². The van der Waals surface area contributed by atoms with Gasteiger partial charge in [-0.2, -0.15) is 0 Å². The molecule has 25 heavy (non-hydrogen) atoms. The molecule has 2 aromatic carbocycles. The molecule has 2 aromatic rings. The van der Waals surface area contributed by atoms with Crippen LogP contribution in [0.3, 0.4) is 0 Å². The molecule has 5 nitrogen and oxygen atoms in total. The number of rotatable bonds is 6. The first kappa shape index (κ1) is 18.5. The number of aryl methyl sites for hydroxylation is 2. The second kappa shape index (κ2) is 8.33. The number of aliphatic imine (C=N–C) groups is 1. The van der Waals surface area contributed by atoms with E-state index in [1.54, 1.807) is 37.7 Å². The zero-order valence-corrected chi connectivity index (χ0v) is 15.4. The summed E-state index contributed by atoms with van der Waals surface area (Å²) in [4.78, 5) is 18.9. The lowest BCUT2D eigenvalue weighted by Gasteiger charge is -2.12. The second-order valence-corrected chi connectivity index (χ2v) is 5.84. The second-order valence-electron chi connectivity index (χ2n) is 5.84. The van der Waals surface area contributed by atoms with Crippen LogP contribution in [0.5, 0.6) is 11.5 Å². The molecule has 0 aliphatic rings. The number of methoxy groups -OCH3 is 1. The molecule has 2 rings (SSSR count). The number of hydrogen-bond acceptors (Lipinski definition) is 4. The third kappa shape index (κ3) is 4.83. The van der Waals surface area contributed by atoms with Crippen molar-refractivity contribution in [3.05, 3.63) is 53.1 Å². The predicted molar refractivity (Wildman–Crippen MR) is 100 cm³/mol. The molecule has 0 heterocycles. The minimum absolute atomic E-state index is 0.382. The van der Waals surface area contributed by atoms with Gasteiger partial charge in [-0.3, -0.25) is 0 Å². The average molecular weight is 340 g/mol. The quantitative estimate of drug-likeness (QED) is 0.343. The summed E-state index contributed by atoms with van der Waals surface area (Å²) < 4.78 is 10.5. The maximum absolute atomic E-state index is 12.5. The predicted octanol–water partition coefficient (Wildman–Crippen LogP) is 4.14. The lowest BCUT2D eigenvalue weighted by atomic mass is 10.0. The van der Waals surface area contributed by atoms with E-state index in [0.29, 0.717) is 17.1 Å². The van der Waals surface area contributed by atoms with Crippen LogP contribution in [-0.2, 0) is 0 Å². The summed E-state index contributed by atoms with van der Waals surface area (Å²) in [6, 6.07) is 10.6. The largest absolute Gasteiger partial charge is 0.497 e. The van der Waals surface area contributed by atoms with E-state index in [-0.39, 0.29) is 5.97 Å². The summed E-state index contributed by atoms with van der Waals surface area (Å²) in [6.07, 6.45) is 1.79. The topological polar surface area (TPSA) is 51.1 Å². The van der Waals surface area contributed by atoms with E-state index in [4.69, 9.17) is 9.47 Å².